The highest BCUT2D eigenvalue weighted by atomic mass is 32.1. The summed E-state index contributed by atoms with van der Waals surface area (Å²) in [6.45, 7) is 2.09. The minimum absolute atomic E-state index is 0.140. The number of aromatic hydroxyl groups is 1. The Labute approximate surface area is 110 Å². The van der Waals surface area contributed by atoms with Crippen molar-refractivity contribution < 1.29 is 9.84 Å². The zero-order valence-electron chi connectivity index (χ0n) is 10.6. The summed E-state index contributed by atoms with van der Waals surface area (Å²) in [6, 6.07) is 5.54. The second-order valence-corrected chi connectivity index (χ2v) is 5.03. The fourth-order valence-corrected chi connectivity index (χ4v) is 2.55. The quantitative estimate of drug-likeness (QED) is 0.891. The third-order valence-electron chi connectivity index (χ3n) is 2.81. The van der Waals surface area contributed by atoms with Gasteiger partial charge < -0.3 is 15.2 Å². The number of rotatable bonds is 4. The average Bonchev–Trinajstić information content (AvgIpc) is 2.88. The van der Waals surface area contributed by atoms with E-state index in [0.29, 0.717) is 5.75 Å². The van der Waals surface area contributed by atoms with Crippen molar-refractivity contribution in [2.45, 2.75) is 13.0 Å². The smallest absolute Gasteiger partial charge is 0.161 e. The Morgan fingerprint density at radius 3 is 2.89 bits per heavy atom. The molecule has 1 aromatic heterocycles. The molecule has 0 aliphatic rings. The molecule has 0 aliphatic carbocycles. The van der Waals surface area contributed by atoms with E-state index in [-0.39, 0.29) is 11.8 Å². The molecule has 1 aromatic carbocycles. The molecule has 5 heteroatoms. The number of phenols is 1. The molecule has 0 spiro atoms. The normalized spacial score (nSPS) is 12.4. The van der Waals surface area contributed by atoms with E-state index in [2.05, 4.69) is 17.2 Å². The van der Waals surface area contributed by atoms with Gasteiger partial charge in [-0.2, -0.15) is 0 Å². The Balaban J connectivity index is 2.34. The zero-order valence-corrected chi connectivity index (χ0v) is 11.4. The van der Waals surface area contributed by atoms with Crippen molar-refractivity contribution in [1.29, 1.82) is 0 Å². The summed E-state index contributed by atoms with van der Waals surface area (Å²) in [5.41, 5.74) is 0.948. The van der Waals surface area contributed by atoms with E-state index in [0.717, 1.165) is 10.6 Å². The van der Waals surface area contributed by atoms with Crippen LogP contribution >= 0.6 is 11.3 Å². The van der Waals surface area contributed by atoms with Crippen molar-refractivity contribution in [2.24, 2.45) is 0 Å². The number of benzene rings is 1. The molecule has 0 saturated carbocycles. The maximum atomic E-state index is 9.56. The van der Waals surface area contributed by atoms with Gasteiger partial charge in [0.15, 0.2) is 11.5 Å². The molecule has 1 heterocycles. The monoisotopic (exact) mass is 264 g/mol. The molecule has 0 amide bonds. The maximum Gasteiger partial charge on any atom is 0.161 e. The lowest BCUT2D eigenvalue weighted by atomic mass is 10.2. The maximum absolute atomic E-state index is 9.56. The van der Waals surface area contributed by atoms with Crippen molar-refractivity contribution in [3.63, 3.8) is 0 Å². The van der Waals surface area contributed by atoms with Crippen LogP contribution < -0.4 is 10.1 Å². The lowest BCUT2D eigenvalue weighted by molar-refractivity contribution is 0.373. The van der Waals surface area contributed by atoms with Crippen LogP contribution in [0.15, 0.2) is 24.4 Å². The van der Waals surface area contributed by atoms with Gasteiger partial charge in [-0.1, -0.05) is 0 Å². The number of hydrogen-bond donors (Lipinski definition) is 2. The van der Waals surface area contributed by atoms with Gasteiger partial charge in [0, 0.05) is 22.7 Å². The predicted molar refractivity (Wildman–Crippen MR) is 73.2 cm³/mol. The van der Waals surface area contributed by atoms with E-state index in [9.17, 15) is 5.11 Å². The molecule has 0 aliphatic heterocycles. The molecule has 1 atom stereocenters. The van der Waals surface area contributed by atoms with E-state index in [1.807, 2.05) is 19.3 Å². The molecule has 2 N–H and O–H groups in total. The first-order valence-electron chi connectivity index (χ1n) is 5.66. The summed E-state index contributed by atoms with van der Waals surface area (Å²) in [4.78, 5) is 5.58. The van der Waals surface area contributed by atoms with Crippen molar-refractivity contribution in [1.82, 2.24) is 10.3 Å². The van der Waals surface area contributed by atoms with Gasteiger partial charge in [-0.05, 0) is 32.2 Å². The lowest BCUT2D eigenvalue weighted by Crippen LogP contribution is -2.10. The average molecular weight is 264 g/mol. The largest absolute Gasteiger partial charge is 0.504 e. The Morgan fingerprint density at radius 1 is 1.44 bits per heavy atom. The number of nitrogens with one attached hydrogen (secondary N) is 1. The summed E-state index contributed by atoms with van der Waals surface area (Å²) >= 11 is 1.63. The topological polar surface area (TPSA) is 54.4 Å². The van der Waals surface area contributed by atoms with Crippen LogP contribution in [-0.2, 0) is 0 Å². The number of ether oxygens (including phenoxy) is 1. The Hall–Kier alpha value is -1.59. The van der Waals surface area contributed by atoms with Gasteiger partial charge in [-0.15, -0.1) is 11.3 Å². The lowest BCUT2D eigenvalue weighted by Gasteiger charge is -2.06. The fraction of sp³-hybridized carbons (Fsp3) is 0.308. The molecule has 0 radical (unpaired) electrons. The van der Waals surface area contributed by atoms with Crippen LogP contribution in [-0.4, -0.2) is 24.2 Å². The van der Waals surface area contributed by atoms with Crippen LogP contribution in [0.1, 0.15) is 17.8 Å². The van der Waals surface area contributed by atoms with Crippen LogP contribution in [0.3, 0.4) is 0 Å². The molecule has 4 nitrogen and oxygen atoms in total. The van der Waals surface area contributed by atoms with Gasteiger partial charge in [-0.25, -0.2) is 4.98 Å². The van der Waals surface area contributed by atoms with Gasteiger partial charge in [0.05, 0.1) is 7.11 Å². The molecule has 0 fully saturated rings. The Bertz CT molecular complexity index is 540. The van der Waals surface area contributed by atoms with E-state index >= 15 is 0 Å². The van der Waals surface area contributed by atoms with Crippen molar-refractivity contribution in [2.75, 3.05) is 14.2 Å². The minimum atomic E-state index is 0.140. The molecule has 1 unspecified atom stereocenters. The van der Waals surface area contributed by atoms with Crippen LogP contribution in [0.4, 0.5) is 0 Å². The Kier molecular flexibility index (Phi) is 3.84. The van der Waals surface area contributed by atoms with Gasteiger partial charge in [0.25, 0.3) is 0 Å². The summed E-state index contributed by atoms with van der Waals surface area (Å²) in [6.07, 6.45) is 1.88. The molecule has 2 aromatic rings. The van der Waals surface area contributed by atoms with Crippen molar-refractivity contribution in [3.8, 4) is 22.1 Å². The van der Waals surface area contributed by atoms with Crippen LogP contribution in [0.2, 0.25) is 0 Å². The number of aromatic nitrogens is 1. The zero-order chi connectivity index (χ0) is 13.1. The first-order valence-corrected chi connectivity index (χ1v) is 6.47. The Morgan fingerprint density at radius 2 is 2.22 bits per heavy atom. The summed E-state index contributed by atoms with van der Waals surface area (Å²) in [5, 5.41) is 13.7. The number of hydrogen-bond acceptors (Lipinski definition) is 5. The first-order chi connectivity index (χ1) is 8.65. The molecule has 2 rings (SSSR count). The number of methoxy groups -OCH3 is 1. The van der Waals surface area contributed by atoms with Crippen molar-refractivity contribution >= 4 is 11.3 Å². The van der Waals surface area contributed by atoms with Crippen molar-refractivity contribution in [3.05, 3.63) is 29.3 Å². The number of thiazole rings is 1. The minimum Gasteiger partial charge on any atom is -0.504 e. The van der Waals surface area contributed by atoms with Crippen LogP contribution in [0.25, 0.3) is 10.6 Å². The molecular weight excluding hydrogens is 248 g/mol. The van der Waals surface area contributed by atoms with Crippen LogP contribution in [0.5, 0.6) is 11.5 Å². The second-order valence-electron chi connectivity index (χ2n) is 3.96. The predicted octanol–water partition coefficient (Wildman–Crippen LogP) is 2.80. The molecule has 18 heavy (non-hydrogen) atoms. The number of phenolic OH excluding ortho intramolecular Hbond substituents is 1. The highest BCUT2D eigenvalue weighted by Crippen LogP contribution is 2.34. The van der Waals surface area contributed by atoms with E-state index in [1.54, 1.807) is 23.5 Å². The van der Waals surface area contributed by atoms with E-state index in [4.69, 9.17) is 4.74 Å². The fourth-order valence-electron chi connectivity index (χ4n) is 1.57. The standard InChI is InChI=1S/C13H16N2O2S/c1-8(14-2)12-7-15-13(18-12)9-4-5-10(16)11(6-9)17-3/h4-8,14,16H,1-3H3. The highest BCUT2D eigenvalue weighted by molar-refractivity contribution is 7.15. The SMILES string of the molecule is CNC(C)c1cnc(-c2ccc(O)c(OC)c2)s1. The number of nitrogens with zero attached hydrogens (tertiary/aromatic N) is 1. The third-order valence-corrected chi connectivity index (χ3v) is 4.04. The van der Waals surface area contributed by atoms with E-state index < -0.39 is 0 Å². The summed E-state index contributed by atoms with van der Waals surface area (Å²) in [7, 11) is 3.46. The molecule has 0 bridgehead atoms. The molecule has 0 saturated heterocycles. The molecular formula is C13H16N2O2S. The first kappa shape index (κ1) is 12.9. The highest BCUT2D eigenvalue weighted by Gasteiger charge is 2.11. The van der Waals surface area contributed by atoms with E-state index in [1.165, 1.54) is 12.0 Å². The third kappa shape index (κ3) is 2.47. The van der Waals surface area contributed by atoms with Gasteiger partial charge >= 0.3 is 0 Å². The van der Waals surface area contributed by atoms with Gasteiger partial charge in [-0.3, -0.25) is 0 Å². The summed E-state index contributed by atoms with van der Waals surface area (Å²) < 4.78 is 5.10. The second kappa shape index (κ2) is 5.37. The van der Waals surface area contributed by atoms with Crippen LogP contribution in [0, 0.1) is 0 Å². The van der Waals surface area contributed by atoms with Gasteiger partial charge in [0.2, 0.25) is 0 Å². The molecule has 96 valence electrons. The summed E-state index contributed by atoms with van der Waals surface area (Å²) in [5.74, 6) is 0.604. The van der Waals surface area contributed by atoms with Gasteiger partial charge in [0.1, 0.15) is 5.01 Å².